The van der Waals surface area contributed by atoms with Crippen molar-refractivity contribution in [2.45, 2.75) is 25.7 Å². The van der Waals surface area contributed by atoms with E-state index < -0.39 is 5.82 Å². The highest BCUT2D eigenvalue weighted by atomic mass is 35.5. The molecule has 8 heteroatoms. The smallest absolute Gasteiger partial charge is 0.265 e. The number of ether oxygens (including phenoxy) is 1. The molecular formula is C18H16Cl2FN3O2. The van der Waals surface area contributed by atoms with E-state index in [9.17, 15) is 9.18 Å². The number of rotatable bonds is 3. The number of carbonyl (C=O) groups is 1. The van der Waals surface area contributed by atoms with E-state index in [2.05, 4.69) is 11.7 Å². The SMILES string of the molecule is C=C(Cl)CN1C(=O)COc2cc(F)c(-n3nc4c(c3Cl)CCCC4)cc21. The van der Waals surface area contributed by atoms with Crippen molar-refractivity contribution in [3.8, 4) is 11.4 Å². The number of aromatic nitrogens is 2. The molecule has 2 aliphatic rings. The van der Waals surface area contributed by atoms with E-state index in [1.54, 1.807) is 0 Å². The molecular weight excluding hydrogens is 380 g/mol. The van der Waals surface area contributed by atoms with Crippen molar-refractivity contribution in [2.24, 2.45) is 0 Å². The summed E-state index contributed by atoms with van der Waals surface area (Å²) < 4.78 is 21.5. The van der Waals surface area contributed by atoms with E-state index >= 15 is 0 Å². The first-order chi connectivity index (χ1) is 12.5. The van der Waals surface area contributed by atoms with Gasteiger partial charge in [0.25, 0.3) is 5.91 Å². The predicted molar refractivity (Wildman–Crippen MR) is 98.0 cm³/mol. The number of halogens is 3. The van der Waals surface area contributed by atoms with Gasteiger partial charge in [0.15, 0.2) is 12.4 Å². The molecule has 1 aromatic heterocycles. The zero-order chi connectivity index (χ0) is 18.4. The molecule has 0 saturated carbocycles. The van der Waals surface area contributed by atoms with Crippen LogP contribution in [-0.2, 0) is 17.6 Å². The van der Waals surface area contributed by atoms with Crippen molar-refractivity contribution in [1.82, 2.24) is 9.78 Å². The van der Waals surface area contributed by atoms with Crippen molar-refractivity contribution in [3.05, 3.63) is 46.0 Å². The van der Waals surface area contributed by atoms with Gasteiger partial charge in [-0.25, -0.2) is 9.07 Å². The lowest BCUT2D eigenvalue weighted by atomic mass is 9.99. The Morgan fingerprint density at radius 1 is 1.31 bits per heavy atom. The Hall–Kier alpha value is -2.05. The largest absolute Gasteiger partial charge is 0.481 e. The Morgan fingerprint density at radius 3 is 2.81 bits per heavy atom. The van der Waals surface area contributed by atoms with Crippen molar-refractivity contribution < 1.29 is 13.9 Å². The molecule has 1 amide bonds. The summed E-state index contributed by atoms with van der Waals surface area (Å²) in [7, 11) is 0. The Balaban J connectivity index is 1.84. The van der Waals surface area contributed by atoms with Crippen molar-refractivity contribution in [1.29, 1.82) is 0 Å². The fraction of sp³-hybridized carbons (Fsp3) is 0.333. The number of carbonyl (C=O) groups excluding carboxylic acids is 1. The lowest BCUT2D eigenvalue weighted by Gasteiger charge is -2.29. The molecule has 0 bridgehead atoms. The Kier molecular flexibility index (Phi) is 4.40. The maximum Gasteiger partial charge on any atom is 0.265 e. The summed E-state index contributed by atoms with van der Waals surface area (Å²) in [5.41, 5.74) is 2.46. The minimum atomic E-state index is -0.524. The number of fused-ring (bicyclic) bond motifs is 2. The van der Waals surface area contributed by atoms with E-state index in [1.807, 2.05) is 0 Å². The molecule has 0 unspecified atom stereocenters. The fourth-order valence-electron chi connectivity index (χ4n) is 3.39. The number of amides is 1. The molecule has 0 radical (unpaired) electrons. The normalized spacial score (nSPS) is 16.1. The monoisotopic (exact) mass is 395 g/mol. The number of benzene rings is 1. The second-order valence-electron chi connectivity index (χ2n) is 6.39. The van der Waals surface area contributed by atoms with Crippen LogP contribution in [0.3, 0.4) is 0 Å². The predicted octanol–water partition coefficient (Wildman–Crippen LogP) is 4.02. The average Bonchev–Trinajstić information content (AvgIpc) is 2.94. The maximum absolute atomic E-state index is 14.7. The molecule has 26 heavy (non-hydrogen) atoms. The second kappa shape index (κ2) is 6.59. The van der Waals surface area contributed by atoms with Gasteiger partial charge in [0.1, 0.15) is 16.6 Å². The van der Waals surface area contributed by atoms with Crippen LogP contribution < -0.4 is 9.64 Å². The quantitative estimate of drug-likeness (QED) is 0.788. The van der Waals surface area contributed by atoms with Gasteiger partial charge in [0.2, 0.25) is 0 Å². The number of hydrogen-bond donors (Lipinski definition) is 0. The van der Waals surface area contributed by atoms with Gasteiger partial charge in [-0.3, -0.25) is 4.79 Å². The summed E-state index contributed by atoms with van der Waals surface area (Å²) in [6, 6.07) is 2.77. The summed E-state index contributed by atoms with van der Waals surface area (Å²) in [5, 5.41) is 5.20. The first kappa shape index (κ1) is 17.4. The minimum Gasteiger partial charge on any atom is -0.481 e. The van der Waals surface area contributed by atoms with E-state index in [1.165, 1.54) is 21.7 Å². The van der Waals surface area contributed by atoms with Crippen LogP contribution in [0.2, 0.25) is 5.15 Å². The number of anilines is 1. The summed E-state index contributed by atoms with van der Waals surface area (Å²) in [5.74, 6) is -0.524. The molecule has 5 nitrogen and oxygen atoms in total. The third-order valence-electron chi connectivity index (χ3n) is 4.62. The molecule has 136 valence electrons. The van der Waals surface area contributed by atoms with Gasteiger partial charge >= 0.3 is 0 Å². The van der Waals surface area contributed by atoms with E-state index in [4.69, 9.17) is 27.9 Å². The Morgan fingerprint density at radius 2 is 2.08 bits per heavy atom. The fourth-order valence-corrected chi connectivity index (χ4v) is 3.84. The molecule has 0 atom stereocenters. The lowest BCUT2D eigenvalue weighted by molar-refractivity contribution is -0.121. The van der Waals surface area contributed by atoms with Crippen LogP contribution in [0.25, 0.3) is 5.69 Å². The molecule has 1 aliphatic heterocycles. The zero-order valence-corrected chi connectivity index (χ0v) is 15.4. The summed E-state index contributed by atoms with van der Waals surface area (Å²) in [4.78, 5) is 13.6. The summed E-state index contributed by atoms with van der Waals surface area (Å²) in [6.07, 6.45) is 3.74. The number of hydrogen-bond acceptors (Lipinski definition) is 3. The van der Waals surface area contributed by atoms with Gasteiger partial charge < -0.3 is 9.64 Å². The van der Waals surface area contributed by atoms with Crippen molar-refractivity contribution in [3.63, 3.8) is 0 Å². The molecule has 2 heterocycles. The zero-order valence-electron chi connectivity index (χ0n) is 13.9. The summed E-state index contributed by atoms with van der Waals surface area (Å²) in [6.45, 7) is 3.57. The molecule has 2 aromatic rings. The summed E-state index contributed by atoms with van der Waals surface area (Å²) >= 11 is 12.4. The van der Waals surface area contributed by atoms with Crippen LogP contribution in [0.4, 0.5) is 10.1 Å². The molecule has 0 N–H and O–H groups in total. The van der Waals surface area contributed by atoms with Crippen LogP contribution in [0.15, 0.2) is 23.7 Å². The second-order valence-corrected chi connectivity index (χ2v) is 7.28. The molecule has 1 aliphatic carbocycles. The van der Waals surface area contributed by atoms with Gasteiger partial charge in [0, 0.05) is 16.7 Å². The highest BCUT2D eigenvalue weighted by Crippen LogP contribution is 2.38. The minimum absolute atomic E-state index is 0.116. The molecule has 4 rings (SSSR count). The standard InChI is InChI=1S/C18H16Cl2FN3O2/c1-10(19)8-23-15-7-14(12(21)6-16(15)26-9-17(23)25)24-18(20)11-4-2-3-5-13(11)22-24/h6-7H,1-5,8-9H2. The highest BCUT2D eigenvalue weighted by molar-refractivity contribution is 6.30. The van der Waals surface area contributed by atoms with Crippen LogP contribution in [0.1, 0.15) is 24.1 Å². The molecule has 0 fully saturated rings. The average molecular weight is 396 g/mol. The van der Waals surface area contributed by atoms with Crippen molar-refractivity contribution >= 4 is 34.8 Å². The highest BCUT2D eigenvalue weighted by Gasteiger charge is 2.29. The van der Waals surface area contributed by atoms with Crippen molar-refractivity contribution in [2.75, 3.05) is 18.1 Å². The van der Waals surface area contributed by atoms with Crippen LogP contribution in [0, 0.1) is 5.82 Å². The van der Waals surface area contributed by atoms with Gasteiger partial charge in [-0.1, -0.05) is 29.8 Å². The maximum atomic E-state index is 14.7. The third-order valence-corrected chi connectivity index (χ3v) is 5.13. The lowest BCUT2D eigenvalue weighted by Crippen LogP contribution is -2.39. The topological polar surface area (TPSA) is 47.4 Å². The first-order valence-corrected chi connectivity index (χ1v) is 9.08. The van der Waals surface area contributed by atoms with Crippen LogP contribution >= 0.6 is 23.2 Å². The molecule has 0 saturated heterocycles. The van der Waals surface area contributed by atoms with E-state index in [-0.39, 0.29) is 30.5 Å². The van der Waals surface area contributed by atoms with E-state index in [0.717, 1.165) is 36.9 Å². The van der Waals surface area contributed by atoms with Gasteiger partial charge in [-0.15, -0.1) is 0 Å². The number of aryl methyl sites for hydroxylation is 1. The first-order valence-electron chi connectivity index (χ1n) is 8.32. The van der Waals surface area contributed by atoms with Gasteiger partial charge in [-0.2, -0.15) is 5.10 Å². The number of nitrogens with zero attached hydrogens (tertiary/aromatic N) is 3. The molecule has 0 spiro atoms. The van der Waals surface area contributed by atoms with Crippen LogP contribution in [-0.4, -0.2) is 28.8 Å². The van der Waals surface area contributed by atoms with Gasteiger partial charge in [-0.05, 0) is 31.7 Å². The Bertz CT molecular complexity index is 926. The van der Waals surface area contributed by atoms with E-state index in [0.29, 0.717) is 15.9 Å². The molecule has 1 aromatic carbocycles. The van der Waals surface area contributed by atoms with Gasteiger partial charge in [0.05, 0.1) is 17.9 Å². The van der Waals surface area contributed by atoms with Crippen LogP contribution in [0.5, 0.6) is 5.75 Å². The Labute approximate surface area is 159 Å². The third kappa shape index (κ3) is 2.87.